The Kier molecular flexibility index (Phi) is 7.99. The maximum absolute atomic E-state index is 13.9. The first kappa shape index (κ1) is 26.7. The van der Waals surface area contributed by atoms with Gasteiger partial charge >= 0.3 is 6.03 Å². The minimum absolute atomic E-state index is 0.197. The molecule has 10 heteroatoms. The van der Waals surface area contributed by atoms with E-state index in [9.17, 15) is 18.8 Å². The Bertz CT molecular complexity index is 1330. The number of rotatable bonds is 8. The molecule has 9 nitrogen and oxygen atoms in total. The molecular weight excluding hydrogens is 487 g/mol. The van der Waals surface area contributed by atoms with Crippen molar-refractivity contribution in [2.75, 3.05) is 17.7 Å². The third kappa shape index (κ3) is 5.64. The van der Waals surface area contributed by atoms with Crippen LogP contribution in [0.3, 0.4) is 0 Å². The predicted octanol–water partition coefficient (Wildman–Crippen LogP) is 3.79. The number of likely N-dealkylation sites (N-methyl/N-ethyl adjacent to an activating group) is 1. The van der Waals surface area contributed by atoms with Crippen molar-refractivity contribution in [3.8, 4) is 0 Å². The summed E-state index contributed by atoms with van der Waals surface area (Å²) in [5.74, 6) is -1.98. The van der Waals surface area contributed by atoms with Crippen LogP contribution < -0.4 is 16.0 Å². The third-order valence-electron chi connectivity index (χ3n) is 6.72. The highest BCUT2D eigenvalue weighted by atomic mass is 19.1. The van der Waals surface area contributed by atoms with Crippen molar-refractivity contribution in [1.82, 2.24) is 20.2 Å². The first-order valence-electron chi connectivity index (χ1n) is 12.5. The highest BCUT2D eigenvalue weighted by Crippen LogP contribution is 2.33. The van der Waals surface area contributed by atoms with Crippen LogP contribution in [-0.2, 0) is 16.0 Å². The number of pyridine rings is 2. The van der Waals surface area contributed by atoms with Crippen molar-refractivity contribution in [3.63, 3.8) is 0 Å². The third-order valence-corrected chi connectivity index (χ3v) is 6.72. The fraction of sp³-hybridized carbons (Fsp3) is 0.321. The molecule has 38 heavy (non-hydrogen) atoms. The molecule has 0 spiro atoms. The smallest absolute Gasteiger partial charge is 0.325 e. The number of imide groups is 1. The van der Waals surface area contributed by atoms with E-state index in [0.29, 0.717) is 12.1 Å². The number of halogens is 1. The minimum Gasteiger partial charge on any atom is -0.384 e. The number of carbonyl (C=O) groups excluding carboxylic acids is 3. The van der Waals surface area contributed by atoms with E-state index in [-0.39, 0.29) is 18.3 Å². The van der Waals surface area contributed by atoms with Crippen LogP contribution >= 0.6 is 0 Å². The van der Waals surface area contributed by atoms with Crippen LogP contribution in [0.1, 0.15) is 42.6 Å². The molecule has 2 aromatic heterocycles. The molecule has 198 valence electrons. The van der Waals surface area contributed by atoms with Crippen molar-refractivity contribution in [1.29, 1.82) is 0 Å². The first-order chi connectivity index (χ1) is 18.2. The molecule has 1 aliphatic rings. The summed E-state index contributed by atoms with van der Waals surface area (Å²) in [6, 6.07) is 10.5. The largest absolute Gasteiger partial charge is 0.384 e. The van der Waals surface area contributed by atoms with Gasteiger partial charge in [-0.3, -0.25) is 19.5 Å². The zero-order valence-electron chi connectivity index (χ0n) is 21.6. The standard InChI is InChI=1S/C28H31FN6O3/c1-4-6-23(19-10-9-17(2)32-16-19)33-28(38)35-25(27(37)34(3)21-8-5-7-20(29)15-21)22(26(35)36)13-18-11-12-31-24(30)14-18/h5,7-12,14-16,22-23,25H,4,6,13H2,1-3H3,(H2,30,31)(H,33,38)/t22-,23-,25+/m1/s1. The molecule has 0 saturated carbocycles. The van der Waals surface area contributed by atoms with E-state index in [1.54, 1.807) is 24.4 Å². The van der Waals surface area contributed by atoms with Gasteiger partial charge in [-0.25, -0.2) is 14.2 Å². The summed E-state index contributed by atoms with van der Waals surface area (Å²) in [6.07, 6.45) is 4.83. The molecule has 3 aromatic rings. The van der Waals surface area contributed by atoms with Crippen LogP contribution in [0.2, 0.25) is 0 Å². The SMILES string of the molecule is CCC[C@@H](NC(=O)N1C(=O)[C@H](Cc2ccnc(N)c2)[C@H]1C(=O)N(C)c1cccc(F)c1)c1ccc(C)nc1. The summed E-state index contributed by atoms with van der Waals surface area (Å²) >= 11 is 0. The number of anilines is 2. The number of nitrogens with two attached hydrogens (primary N) is 1. The summed E-state index contributed by atoms with van der Waals surface area (Å²) < 4.78 is 13.9. The summed E-state index contributed by atoms with van der Waals surface area (Å²) in [5.41, 5.74) is 8.49. The van der Waals surface area contributed by atoms with E-state index >= 15 is 0 Å². The molecule has 3 atom stereocenters. The van der Waals surface area contributed by atoms with E-state index in [1.165, 1.54) is 36.3 Å². The monoisotopic (exact) mass is 518 g/mol. The number of nitrogens with zero attached hydrogens (tertiary/aromatic N) is 4. The Morgan fingerprint density at radius 1 is 1.18 bits per heavy atom. The average molecular weight is 519 g/mol. The summed E-state index contributed by atoms with van der Waals surface area (Å²) in [4.78, 5) is 51.0. The lowest BCUT2D eigenvalue weighted by Gasteiger charge is -2.46. The van der Waals surface area contributed by atoms with Crippen LogP contribution in [0.4, 0.5) is 20.7 Å². The van der Waals surface area contributed by atoms with Crippen molar-refractivity contribution in [2.24, 2.45) is 5.92 Å². The lowest BCUT2D eigenvalue weighted by molar-refractivity contribution is -0.156. The normalized spacial score (nSPS) is 17.5. The maximum atomic E-state index is 13.9. The Morgan fingerprint density at radius 2 is 1.97 bits per heavy atom. The number of likely N-dealkylation sites (tertiary alicyclic amines) is 1. The number of nitrogens with one attached hydrogen (secondary N) is 1. The Labute approximate surface area is 220 Å². The number of aromatic nitrogens is 2. The highest BCUT2D eigenvalue weighted by molar-refractivity contribution is 6.12. The maximum Gasteiger partial charge on any atom is 0.325 e. The van der Waals surface area contributed by atoms with Crippen molar-refractivity contribution in [2.45, 2.75) is 45.2 Å². The molecule has 0 aliphatic carbocycles. The van der Waals surface area contributed by atoms with Gasteiger partial charge in [0, 0.05) is 30.8 Å². The van der Waals surface area contributed by atoms with E-state index in [4.69, 9.17) is 5.73 Å². The highest BCUT2D eigenvalue weighted by Gasteiger charge is 2.55. The number of benzene rings is 1. The van der Waals surface area contributed by atoms with E-state index < -0.39 is 35.6 Å². The molecular formula is C28H31FN6O3. The Morgan fingerprint density at radius 3 is 2.63 bits per heavy atom. The second-order valence-electron chi connectivity index (χ2n) is 9.45. The van der Waals surface area contributed by atoms with Crippen LogP contribution in [0.5, 0.6) is 0 Å². The van der Waals surface area contributed by atoms with Gasteiger partial charge in [-0.05, 0) is 67.3 Å². The topological polar surface area (TPSA) is 122 Å². The molecule has 0 bridgehead atoms. The zero-order chi connectivity index (χ0) is 27.4. The van der Waals surface area contributed by atoms with E-state index in [0.717, 1.165) is 28.1 Å². The van der Waals surface area contributed by atoms with Crippen molar-refractivity contribution in [3.05, 3.63) is 83.6 Å². The number of aryl methyl sites for hydroxylation is 1. The molecule has 4 amide bonds. The number of amides is 4. The first-order valence-corrected chi connectivity index (χ1v) is 12.5. The number of hydrogen-bond donors (Lipinski definition) is 2. The molecule has 1 saturated heterocycles. The van der Waals surface area contributed by atoms with Gasteiger partial charge in [0.1, 0.15) is 17.7 Å². The molecule has 0 unspecified atom stereocenters. The number of β-lactam (4-membered cyclic amide) rings is 1. The van der Waals surface area contributed by atoms with Gasteiger partial charge in [0.25, 0.3) is 5.91 Å². The van der Waals surface area contributed by atoms with Crippen LogP contribution in [0, 0.1) is 18.7 Å². The van der Waals surface area contributed by atoms with E-state index in [2.05, 4.69) is 15.3 Å². The van der Waals surface area contributed by atoms with Gasteiger partial charge in [-0.1, -0.05) is 25.5 Å². The van der Waals surface area contributed by atoms with Crippen molar-refractivity contribution < 1.29 is 18.8 Å². The Hall–Kier alpha value is -4.34. The molecule has 1 fully saturated rings. The fourth-order valence-electron chi connectivity index (χ4n) is 4.66. The van der Waals surface area contributed by atoms with Gasteiger partial charge in [0.2, 0.25) is 5.91 Å². The number of hydrogen-bond acceptors (Lipinski definition) is 6. The lowest BCUT2D eigenvalue weighted by Crippen LogP contribution is -2.70. The predicted molar refractivity (Wildman–Crippen MR) is 141 cm³/mol. The minimum atomic E-state index is -1.08. The van der Waals surface area contributed by atoms with Crippen LogP contribution in [0.25, 0.3) is 0 Å². The van der Waals surface area contributed by atoms with Gasteiger partial charge in [-0.15, -0.1) is 0 Å². The molecule has 1 aromatic carbocycles. The second-order valence-corrected chi connectivity index (χ2v) is 9.45. The molecule has 4 rings (SSSR count). The van der Waals surface area contributed by atoms with Gasteiger partial charge in [-0.2, -0.15) is 0 Å². The van der Waals surface area contributed by atoms with E-state index in [1.807, 2.05) is 26.0 Å². The quantitative estimate of drug-likeness (QED) is 0.438. The van der Waals surface area contributed by atoms with Crippen molar-refractivity contribution >= 4 is 29.4 Å². The fourth-order valence-corrected chi connectivity index (χ4v) is 4.66. The lowest BCUT2D eigenvalue weighted by atomic mass is 9.81. The summed E-state index contributed by atoms with van der Waals surface area (Å²) in [5, 5.41) is 2.92. The number of nitrogen functional groups attached to an aromatic ring is 1. The molecule has 0 radical (unpaired) electrons. The van der Waals surface area contributed by atoms with Gasteiger partial charge < -0.3 is 16.0 Å². The molecule has 3 N–H and O–H groups in total. The van der Waals surface area contributed by atoms with Gasteiger partial charge in [0.15, 0.2) is 0 Å². The molecule has 1 aliphatic heterocycles. The zero-order valence-corrected chi connectivity index (χ0v) is 21.6. The van der Waals surface area contributed by atoms with Crippen LogP contribution in [0.15, 0.2) is 60.9 Å². The van der Waals surface area contributed by atoms with Gasteiger partial charge in [0.05, 0.1) is 12.0 Å². The second kappa shape index (κ2) is 11.4. The Balaban J connectivity index is 1.61. The summed E-state index contributed by atoms with van der Waals surface area (Å²) in [6.45, 7) is 3.87. The number of carbonyl (C=O) groups is 3. The number of urea groups is 1. The molecule has 3 heterocycles. The summed E-state index contributed by atoms with van der Waals surface area (Å²) in [7, 11) is 1.50. The average Bonchev–Trinajstić information content (AvgIpc) is 2.89. The van der Waals surface area contributed by atoms with Crippen LogP contribution in [-0.4, -0.2) is 45.8 Å².